The van der Waals surface area contributed by atoms with Gasteiger partial charge in [0.1, 0.15) is 0 Å². The van der Waals surface area contributed by atoms with Crippen LogP contribution >= 0.6 is 23.1 Å². The van der Waals surface area contributed by atoms with Gasteiger partial charge in [0.05, 0.1) is 10.9 Å². The summed E-state index contributed by atoms with van der Waals surface area (Å²) >= 11 is 3.08. The van der Waals surface area contributed by atoms with Gasteiger partial charge in [0.2, 0.25) is 5.91 Å². The first kappa shape index (κ1) is 14.1. The van der Waals surface area contributed by atoms with Crippen LogP contribution in [0.25, 0.3) is 11.3 Å². The van der Waals surface area contributed by atoms with Gasteiger partial charge in [0.25, 0.3) is 0 Å². The predicted molar refractivity (Wildman–Crippen MR) is 81.6 cm³/mol. The summed E-state index contributed by atoms with van der Waals surface area (Å²) in [7, 11) is 0. The molecule has 100 valence electrons. The van der Waals surface area contributed by atoms with E-state index in [1.807, 2.05) is 49.6 Å². The molecular formula is C14H16N2OS2. The van der Waals surface area contributed by atoms with Crippen LogP contribution in [0.2, 0.25) is 0 Å². The lowest BCUT2D eigenvalue weighted by atomic mass is 10.2. The minimum Gasteiger partial charge on any atom is -0.355 e. The zero-order valence-corrected chi connectivity index (χ0v) is 12.6. The summed E-state index contributed by atoms with van der Waals surface area (Å²) in [5.74, 6) is 0.0592. The summed E-state index contributed by atoms with van der Waals surface area (Å²) in [5.41, 5.74) is 2.08. The van der Waals surface area contributed by atoms with Crippen molar-refractivity contribution < 1.29 is 4.79 Å². The Morgan fingerprint density at radius 1 is 1.42 bits per heavy atom. The highest BCUT2D eigenvalue weighted by Crippen LogP contribution is 2.30. The number of carbonyl (C=O) groups is 1. The molecule has 1 aromatic carbocycles. The molecule has 1 N–H and O–H groups in total. The standard InChI is InChI=1S/C14H16N2OS2/c1-3-15-13(17)10(2)19-14-16-12(9-18-14)11-7-5-4-6-8-11/h4-10H,3H2,1-2H3,(H,15,17). The lowest BCUT2D eigenvalue weighted by Crippen LogP contribution is -2.30. The van der Waals surface area contributed by atoms with Gasteiger partial charge in [-0.2, -0.15) is 0 Å². The first-order chi connectivity index (χ1) is 9.20. The van der Waals surface area contributed by atoms with E-state index in [1.54, 1.807) is 11.3 Å². The monoisotopic (exact) mass is 292 g/mol. The van der Waals surface area contributed by atoms with Crippen LogP contribution < -0.4 is 5.32 Å². The first-order valence-electron chi connectivity index (χ1n) is 6.16. The molecule has 0 aliphatic rings. The average molecular weight is 292 g/mol. The number of thioether (sulfide) groups is 1. The Labute approximate surface area is 121 Å². The van der Waals surface area contributed by atoms with E-state index < -0.39 is 0 Å². The molecule has 0 aliphatic carbocycles. The second-order valence-corrected chi connectivity index (χ2v) is 6.47. The van der Waals surface area contributed by atoms with Crippen molar-refractivity contribution in [1.82, 2.24) is 10.3 Å². The van der Waals surface area contributed by atoms with E-state index in [2.05, 4.69) is 10.3 Å². The number of rotatable bonds is 5. The molecule has 0 aliphatic heterocycles. The molecule has 0 spiro atoms. The fourth-order valence-electron chi connectivity index (χ4n) is 1.58. The van der Waals surface area contributed by atoms with Gasteiger partial charge in [-0.15, -0.1) is 11.3 Å². The Morgan fingerprint density at radius 3 is 2.84 bits per heavy atom. The Balaban J connectivity index is 2.04. The number of nitrogens with zero attached hydrogens (tertiary/aromatic N) is 1. The van der Waals surface area contributed by atoms with E-state index in [4.69, 9.17) is 0 Å². The van der Waals surface area contributed by atoms with E-state index in [0.717, 1.165) is 15.6 Å². The van der Waals surface area contributed by atoms with Crippen molar-refractivity contribution in [3.05, 3.63) is 35.7 Å². The number of carbonyl (C=O) groups excluding carboxylic acids is 1. The van der Waals surface area contributed by atoms with Crippen LogP contribution in [0.4, 0.5) is 0 Å². The van der Waals surface area contributed by atoms with Crippen LogP contribution in [-0.2, 0) is 4.79 Å². The van der Waals surface area contributed by atoms with Gasteiger partial charge in [-0.25, -0.2) is 4.98 Å². The summed E-state index contributed by atoms with van der Waals surface area (Å²) in [6, 6.07) is 10.1. The molecule has 0 bridgehead atoms. The van der Waals surface area contributed by atoms with Gasteiger partial charge in [0.15, 0.2) is 4.34 Å². The van der Waals surface area contributed by atoms with E-state index in [9.17, 15) is 4.79 Å². The maximum Gasteiger partial charge on any atom is 0.233 e. The Bertz CT molecular complexity index is 539. The molecule has 1 aromatic heterocycles. The van der Waals surface area contributed by atoms with E-state index >= 15 is 0 Å². The largest absolute Gasteiger partial charge is 0.355 e. The molecule has 0 fully saturated rings. The molecule has 0 saturated carbocycles. The van der Waals surface area contributed by atoms with Crippen LogP contribution in [0.5, 0.6) is 0 Å². The molecule has 0 radical (unpaired) electrons. The number of aromatic nitrogens is 1. The molecule has 1 atom stereocenters. The zero-order valence-electron chi connectivity index (χ0n) is 10.9. The molecule has 19 heavy (non-hydrogen) atoms. The van der Waals surface area contributed by atoms with Crippen molar-refractivity contribution in [2.75, 3.05) is 6.54 Å². The van der Waals surface area contributed by atoms with E-state index in [0.29, 0.717) is 6.54 Å². The molecule has 1 amide bonds. The number of amides is 1. The Hall–Kier alpha value is -1.33. The molecule has 1 unspecified atom stereocenters. The SMILES string of the molecule is CCNC(=O)C(C)Sc1nc(-c2ccccc2)cs1. The topological polar surface area (TPSA) is 42.0 Å². The van der Waals surface area contributed by atoms with Crippen molar-refractivity contribution in [3.63, 3.8) is 0 Å². The molecule has 0 saturated heterocycles. The van der Waals surface area contributed by atoms with Crippen LogP contribution in [0.3, 0.4) is 0 Å². The predicted octanol–water partition coefficient (Wildman–Crippen LogP) is 3.43. The minimum absolute atomic E-state index is 0.0592. The highest BCUT2D eigenvalue weighted by molar-refractivity contribution is 8.02. The third kappa shape index (κ3) is 3.81. The third-order valence-electron chi connectivity index (χ3n) is 2.55. The van der Waals surface area contributed by atoms with Crippen molar-refractivity contribution in [1.29, 1.82) is 0 Å². The highest BCUT2D eigenvalue weighted by atomic mass is 32.2. The number of benzene rings is 1. The lowest BCUT2D eigenvalue weighted by Gasteiger charge is -2.08. The highest BCUT2D eigenvalue weighted by Gasteiger charge is 2.15. The van der Waals surface area contributed by atoms with Crippen LogP contribution in [0.15, 0.2) is 40.1 Å². The number of nitrogens with one attached hydrogen (secondary N) is 1. The van der Waals surface area contributed by atoms with Gasteiger partial charge in [0, 0.05) is 17.5 Å². The third-order valence-corrected chi connectivity index (χ3v) is 4.62. The van der Waals surface area contributed by atoms with Crippen molar-refractivity contribution in [3.8, 4) is 11.3 Å². The van der Waals surface area contributed by atoms with E-state index in [1.165, 1.54) is 11.8 Å². The lowest BCUT2D eigenvalue weighted by molar-refractivity contribution is -0.120. The summed E-state index contributed by atoms with van der Waals surface area (Å²) in [5, 5.41) is 4.73. The van der Waals surface area contributed by atoms with Crippen LogP contribution in [-0.4, -0.2) is 22.7 Å². The molecular weight excluding hydrogens is 276 g/mol. The van der Waals surface area contributed by atoms with Gasteiger partial charge in [-0.05, 0) is 13.8 Å². The zero-order chi connectivity index (χ0) is 13.7. The fraction of sp³-hybridized carbons (Fsp3) is 0.286. The summed E-state index contributed by atoms with van der Waals surface area (Å²) in [6.45, 7) is 4.49. The minimum atomic E-state index is -0.116. The van der Waals surface area contributed by atoms with Crippen molar-refractivity contribution in [2.24, 2.45) is 0 Å². The molecule has 2 aromatic rings. The van der Waals surface area contributed by atoms with Gasteiger partial charge in [-0.1, -0.05) is 42.1 Å². The summed E-state index contributed by atoms with van der Waals surface area (Å²) < 4.78 is 0.928. The normalized spacial score (nSPS) is 12.1. The van der Waals surface area contributed by atoms with Gasteiger partial charge in [-0.3, -0.25) is 4.79 Å². The Kier molecular flexibility index (Phi) is 4.99. The van der Waals surface area contributed by atoms with Crippen molar-refractivity contribution >= 4 is 29.0 Å². The average Bonchev–Trinajstić information content (AvgIpc) is 2.88. The second-order valence-electron chi connectivity index (χ2n) is 4.02. The summed E-state index contributed by atoms with van der Waals surface area (Å²) in [6.07, 6.45) is 0. The summed E-state index contributed by atoms with van der Waals surface area (Å²) in [4.78, 5) is 16.2. The smallest absolute Gasteiger partial charge is 0.233 e. The number of hydrogen-bond donors (Lipinski definition) is 1. The molecule has 3 nitrogen and oxygen atoms in total. The van der Waals surface area contributed by atoms with Crippen molar-refractivity contribution in [2.45, 2.75) is 23.4 Å². The van der Waals surface area contributed by atoms with Gasteiger partial charge < -0.3 is 5.32 Å². The second kappa shape index (κ2) is 6.73. The quantitative estimate of drug-likeness (QED) is 0.859. The molecule has 2 rings (SSSR count). The van der Waals surface area contributed by atoms with E-state index in [-0.39, 0.29) is 11.2 Å². The van der Waals surface area contributed by atoms with Crippen LogP contribution in [0.1, 0.15) is 13.8 Å². The maximum absolute atomic E-state index is 11.7. The Morgan fingerprint density at radius 2 is 2.16 bits per heavy atom. The first-order valence-corrected chi connectivity index (χ1v) is 7.92. The maximum atomic E-state index is 11.7. The molecule has 1 heterocycles. The van der Waals surface area contributed by atoms with Crippen LogP contribution in [0, 0.1) is 0 Å². The molecule has 5 heteroatoms. The fourth-order valence-corrected chi connectivity index (χ4v) is 3.57. The van der Waals surface area contributed by atoms with Gasteiger partial charge >= 0.3 is 0 Å². The number of hydrogen-bond acceptors (Lipinski definition) is 4. The number of thiazole rings is 1.